The minimum absolute atomic E-state index is 0.0429. The Balaban J connectivity index is 2.34. The first-order chi connectivity index (χ1) is 9.27. The summed E-state index contributed by atoms with van der Waals surface area (Å²) in [5.74, 6) is 0. The van der Waals surface area contributed by atoms with Gasteiger partial charge in [-0.3, -0.25) is 4.84 Å². The van der Waals surface area contributed by atoms with Crippen molar-refractivity contribution in [1.82, 2.24) is 5.06 Å². The molecular formula is C17H36N2O. The fourth-order valence-electron chi connectivity index (χ4n) is 2.62. The Kier molecular flexibility index (Phi) is 6.96. The molecule has 0 saturated carbocycles. The molecule has 3 nitrogen and oxygen atoms in total. The van der Waals surface area contributed by atoms with E-state index in [4.69, 9.17) is 10.6 Å². The number of hydrogen-bond acceptors (Lipinski definition) is 3. The standard InChI is InChI=1S/C17H36N2O/c1-6-16(2,3)11-10-12-17(4,5)15(18)20-19-13-8-7-9-14-19/h15H,6-14,18H2,1-5H3. The highest BCUT2D eigenvalue weighted by atomic mass is 16.7. The maximum atomic E-state index is 6.30. The van der Waals surface area contributed by atoms with Crippen LogP contribution in [0.15, 0.2) is 0 Å². The number of hydroxylamine groups is 2. The molecule has 120 valence electrons. The van der Waals surface area contributed by atoms with E-state index >= 15 is 0 Å². The van der Waals surface area contributed by atoms with Crippen molar-refractivity contribution in [2.45, 2.75) is 85.8 Å². The zero-order valence-corrected chi connectivity index (χ0v) is 14.4. The van der Waals surface area contributed by atoms with Gasteiger partial charge in [0.25, 0.3) is 0 Å². The molecule has 1 heterocycles. The maximum Gasteiger partial charge on any atom is 0.132 e. The van der Waals surface area contributed by atoms with Crippen molar-refractivity contribution in [3.8, 4) is 0 Å². The molecule has 1 saturated heterocycles. The molecule has 0 aromatic carbocycles. The SMILES string of the molecule is CCC(C)(C)CCCC(C)(C)C(N)ON1CCCCC1. The van der Waals surface area contributed by atoms with Crippen molar-refractivity contribution in [2.75, 3.05) is 13.1 Å². The summed E-state index contributed by atoms with van der Waals surface area (Å²) < 4.78 is 0. The Bertz CT molecular complexity index is 270. The van der Waals surface area contributed by atoms with Gasteiger partial charge < -0.3 is 5.73 Å². The summed E-state index contributed by atoms with van der Waals surface area (Å²) in [6.07, 6.45) is 8.47. The molecule has 0 aliphatic carbocycles. The van der Waals surface area contributed by atoms with E-state index in [0.29, 0.717) is 5.41 Å². The van der Waals surface area contributed by atoms with Crippen LogP contribution in [0.5, 0.6) is 0 Å². The smallest absolute Gasteiger partial charge is 0.132 e. The average Bonchev–Trinajstić information content (AvgIpc) is 2.39. The lowest BCUT2D eigenvalue weighted by Gasteiger charge is -2.37. The molecule has 3 heteroatoms. The quantitative estimate of drug-likeness (QED) is 0.675. The van der Waals surface area contributed by atoms with Gasteiger partial charge in [-0.1, -0.05) is 53.9 Å². The summed E-state index contributed by atoms with van der Waals surface area (Å²) in [7, 11) is 0. The van der Waals surface area contributed by atoms with Gasteiger partial charge in [0, 0.05) is 18.5 Å². The van der Waals surface area contributed by atoms with E-state index in [9.17, 15) is 0 Å². The molecule has 1 atom stereocenters. The summed E-state index contributed by atoms with van der Waals surface area (Å²) in [4.78, 5) is 5.98. The van der Waals surface area contributed by atoms with Crippen LogP contribution in [0.2, 0.25) is 0 Å². The molecule has 1 rings (SSSR count). The summed E-state index contributed by atoms with van der Waals surface area (Å²) in [5.41, 5.74) is 6.80. The van der Waals surface area contributed by atoms with E-state index in [-0.39, 0.29) is 11.6 Å². The highest BCUT2D eigenvalue weighted by Gasteiger charge is 2.30. The zero-order valence-electron chi connectivity index (χ0n) is 14.4. The van der Waals surface area contributed by atoms with E-state index in [1.54, 1.807) is 0 Å². The van der Waals surface area contributed by atoms with Crippen molar-refractivity contribution in [2.24, 2.45) is 16.6 Å². The molecule has 0 radical (unpaired) electrons. The van der Waals surface area contributed by atoms with Crippen LogP contribution < -0.4 is 5.73 Å². The fraction of sp³-hybridized carbons (Fsp3) is 1.00. The van der Waals surface area contributed by atoms with E-state index < -0.39 is 0 Å². The van der Waals surface area contributed by atoms with Crippen LogP contribution in [0, 0.1) is 10.8 Å². The van der Waals surface area contributed by atoms with Gasteiger partial charge in [0.1, 0.15) is 6.23 Å². The molecule has 1 aliphatic heterocycles. The van der Waals surface area contributed by atoms with Crippen LogP contribution >= 0.6 is 0 Å². The second kappa shape index (κ2) is 7.77. The van der Waals surface area contributed by atoms with Crippen LogP contribution in [0.3, 0.4) is 0 Å². The summed E-state index contributed by atoms with van der Waals surface area (Å²) in [5, 5.41) is 2.08. The van der Waals surface area contributed by atoms with Crippen LogP contribution in [0.25, 0.3) is 0 Å². The molecule has 1 aliphatic rings. The summed E-state index contributed by atoms with van der Waals surface area (Å²) in [6.45, 7) is 13.5. The third-order valence-electron chi connectivity index (χ3n) is 4.98. The third-order valence-corrected chi connectivity index (χ3v) is 4.98. The summed E-state index contributed by atoms with van der Waals surface area (Å²) >= 11 is 0. The molecule has 1 fully saturated rings. The average molecular weight is 284 g/mol. The van der Waals surface area contributed by atoms with Gasteiger partial charge in [-0.2, -0.15) is 5.06 Å². The first-order valence-electron chi connectivity index (χ1n) is 8.44. The lowest BCUT2D eigenvalue weighted by molar-refractivity contribution is -0.231. The molecule has 0 amide bonds. The second-order valence-electron chi connectivity index (χ2n) is 7.88. The number of nitrogens with two attached hydrogens (primary N) is 1. The van der Waals surface area contributed by atoms with Gasteiger partial charge in [-0.05, 0) is 31.1 Å². The molecule has 0 spiro atoms. The molecule has 0 aromatic rings. The first kappa shape index (κ1) is 17.9. The van der Waals surface area contributed by atoms with E-state index in [0.717, 1.165) is 19.5 Å². The molecule has 2 N–H and O–H groups in total. The monoisotopic (exact) mass is 284 g/mol. The normalized spacial score (nSPS) is 20.1. The van der Waals surface area contributed by atoms with Gasteiger partial charge >= 0.3 is 0 Å². The van der Waals surface area contributed by atoms with Gasteiger partial charge in [0.15, 0.2) is 0 Å². The van der Waals surface area contributed by atoms with E-state index in [1.807, 2.05) is 0 Å². The van der Waals surface area contributed by atoms with Gasteiger partial charge in [0.05, 0.1) is 0 Å². The topological polar surface area (TPSA) is 38.5 Å². The van der Waals surface area contributed by atoms with Crippen molar-refractivity contribution >= 4 is 0 Å². The fourth-order valence-corrected chi connectivity index (χ4v) is 2.62. The minimum atomic E-state index is -0.190. The molecule has 0 bridgehead atoms. The van der Waals surface area contributed by atoms with Crippen LogP contribution in [0.4, 0.5) is 0 Å². The predicted molar refractivity (Wildman–Crippen MR) is 86.2 cm³/mol. The van der Waals surface area contributed by atoms with Crippen LogP contribution in [0.1, 0.15) is 79.6 Å². The molecule has 20 heavy (non-hydrogen) atoms. The Morgan fingerprint density at radius 2 is 1.65 bits per heavy atom. The minimum Gasteiger partial charge on any atom is -0.304 e. The lowest BCUT2D eigenvalue weighted by Crippen LogP contribution is -2.46. The second-order valence-corrected chi connectivity index (χ2v) is 7.88. The zero-order chi connectivity index (χ0) is 15.2. The Hall–Kier alpha value is -0.120. The van der Waals surface area contributed by atoms with Crippen molar-refractivity contribution in [1.29, 1.82) is 0 Å². The van der Waals surface area contributed by atoms with E-state index in [2.05, 4.69) is 39.7 Å². The first-order valence-corrected chi connectivity index (χ1v) is 8.44. The molecule has 1 unspecified atom stereocenters. The highest BCUT2D eigenvalue weighted by Crippen LogP contribution is 2.33. The number of rotatable bonds is 8. The number of nitrogens with zero attached hydrogens (tertiary/aromatic N) is 1. The maximum absolute atomic E-state index is 6.30. The van der Waals surface area contributed by atoms with Crippen LogP contribution in [-0.2, 0) is 4.84 Å². The Morgan fingerprint density at radius 1 is 1.05 bits per heavy atom. The predicted octanol–water partition coefficient (Wildman–Crippen LogP) is 4.32. The van der Waals surface area contributed by atoms with E-state index in [1.165, 1.54) is 38.5 Å². The largest absolute Gasteiger partial charge is 0.304 e. The summed E-state index contributed by atoms with van der Waals surface area (Å²) in [6, 6.07) is 0. The Morgan fingerprint density at radius 3 is 2.20 bits per heavy atom. The van der Waals surface area contributed by atoms with Crippen molar-refractivity contribution in [3.05, 3.63) is 0 Å². The van der Waals surface area contributed by atoms with Crippen molar-refractivity contribution < 1.29 is 4.84 Å². The Labute approximate surface area is 126 Å². The van der Waals surface area contributed by atoms with Gasteiger partial charge in [0.2, 0.25) is 0 Å². The van der Waals surface area contributed by atoms with Crippen LogP contribution in [-0.4, -0.2) is 24.4 Å². The van der Waals surface area contributed by atoms with Gasteiger partial charge in [-0.25, -0.2) is 0 Å². The third kappa shape index (κ3) is 6.11. The lowest BCUT2D eigenvalue weighted by atomic mass is 9.79. The number of hydrogen-bond donors (Lipinski definition) is 1. The molecule has 0 aromatic heterocycles. The van der Waals surface area contributed by atoms with Gasteiger partial charge in [-0.15, -0.1) is 0 Å². The highest BCUT2D eigenvalue weighted by molar-refractivity contribution is 4.77. The number of piperidine rings is 1. The molecular weight excluding hydrogens is 248 g/mol. The van der Waals surface area contributed by atoms with Crippen molar-refractivity contribution in [3.63, 3.8) is 0 Å².